The van der Waals surface area contributed by atoms with Gasteiger partial charge in [0, 0.05) is 51.0 Å². The summed E-state index contributed by atoms with van der Waals surface area (Å²) in [5, 5.41) is 6.54. The number of carbonyl (C=O) groups excluding carboxylic acids is 1. The average molecular weight is 333 g/mol. The van der Waals surface area contributed by atoms with Crippen LogP contribution in [0.15, 0.2) is 29.5 Å². The van der Waals surface area contributed by atoms with E-state index in [4.69, 9.17) is 0 Å². The molecule has 0 spiro atoms. The fourth-order valence-corrected chi connectivity index (χ4v) is 3.04. The van der Waals surface area contributed by atoms with Gasteiger partial charge in [-0.15, -0.1) is 0 Å². The van der Waals surface area contributed by atoms with Gasteiger partial charge in [-0.05, 0) is 45.2 Å². The minimum Gasteiger partial charge on any atom is -0.357 e. The van der Waals surface area contributed by atoms with Gasteiger partial charge in [-0.25, -0.2) is 0 Å². The number of guanidine groups is 1. The predicted molar refractivity (Wildman–Crippen MR) is 98.1 cm³/mol. The lowest BCUT2D eigenvalue weighted by Crippen LogP contribution is -2.42. The molecule has 1 atom stereocenters. The zero-order chi connectivity index (χ0) is 17.2. The van der Waals surface area contributed by atoms with Crippen molar-refractivity contribution in [1.29, 1.82) is 0 Å². The monoisotopic (exact) mass is 333 g/mol. The van der Waals surface area contributed by atoms with E-state index >= 15 is 0 Å². The first-order valence-electron chi connectivity index (χ1n) is 9.13. The van der Waals surface area contributed by atoms with E-state index in [9.17, 15) is 4.79 Å². The maximum Gasteiger partial charge on any atom is 0.224 e. The largest absolute Gasteiger partial charge is 0.357 e. The quantitative estimate of drug-likeness (QED) is 0.591. The highest BCUT2D eigenvalue weighted by molar-refractivity contribution is 5.81. The number of piperidine rings is 1. The van der Waals surface area contributed by atoms with Gasteiger partial charge in [0.1, 0.15) is 0 Å². The van der Waals surface area contributed by atoms with E-state index < -0.39 is 0 Å². The van der Waals surface area contributed by atoms with Crippen LogP contribution in [0.25, 0.3) is 0 Å². The molecule has 1 aliphatic rings. The molecule has 6 nitrogen and oxygen atoms in total. The third-order valence-electron chi connectivity index (χ3n) is 4.39. The summed E-state index contributed by atoms with van der Waals surface area (Å²) in [7, 11) is 0. The van der Waals surface area contributed by atoms with E-state index in [-0.39, 0.29) is 5.91 Å². The van der Waals surface area contributed by atoms with Crippen LogP contribution in [0.1, 0.15) is 39.5 Å². The van der Waals surface area contributed by atoms with Crippen LogP contribution in [-0.2, 0) is 11.3 Å². The Balaban J connectivity index is 1.74. The SMILES string of the molecule is CCNC(=NCCC(=O)N1CCCCC1C)NCCn1cccc1. The van der Waals surface area contributed by atoms with E-state index in [1.54, 1.807) is 0 Å². The Labute approximate surface area is 145 Å². The number of likely N-dealkylation sites (tertiary alicyclic amines) is 1. The van der Waals surface area contributed by atoms with Crippen LogP contribution in [0.2, 0.25) is 0 Å². The second-order valence-electron chi connectivity index (χ2n) is 6.29. The van der Waals surface area contributed by atoms with E-state index in [0.29, 0.717) is 19.0 Å². The smallest absolute Gasteiger partial charge is 0.224 e. The average Bonchev–Trinajstić information content (AvgIpc) is 3.08. The Bertz CT molecular complexity index is 511. The van der Waals surface area contributed by atoms with Crippen molar-refractivity contribution in [3.63, 3.8) is 0 Å². The van der Waals surface area contributed by atoms with Gasteiger partial charge in [0.15, 0.2) is 5.96 Å². The number of nitrogens with one attached hydrogen (secondary N) is 2. The Morgan fingerprint density at radius 3 is 2.75 bits per heavy atom. The first-order chi connectivity index (χ1) is 11.7. The Morgan fingerprint density at radius 1 is 1.25 bits per heavy atom. The van der Waals surface area contributed by atoms with Gasteiger partial charge in [0.25, 0.3) is 0 Å². The van der Waals surface area contributed by atoms with Crippen molar-refractivity contribution in [1.82, 2.24) is 20.1 Å². The lowest BCUT2D eigenvalue weighted by atomic mass is 10.0. The van der Waals surface area contributed by atoms with Gasteiger partial charge < -0.3 is 20.1 Å². The summed E-state index contributed by atoms with van der Waals surface area (Å²) in [6.45, 7) is 8.13. The highest BCUT2D eigenvalue weighted by Gasteiger charge is 2.22. The number of rotatable bonds is 7. The fourth-order valence-electron chi connectivity index (χ4n) is 3.04. The minimum atomic E-state index is 0.231. The maximum atomic E-state index is 12.3. The number of amides is 1. The molecule has 1 aromatic rings. The highest BCUT2D eigenvalue weighted by Crippen LogP contribution is 2.17. The molecule has 6 heteroatoms. The summed E-state index contributed by atoms with van der Waals surface area (Å²) >= 11 is 0. The van der Waals surface area contributed by atoms with Crippen molar-refractivity contribution >= 4 is 11.9 Å². The van der Waals surface area contributed by atoms with Crippen molar-refractivity contribution in [2.24, 2.45) is 4.99 Å². The standard InChI is InChI=1S/C18H31N5O/c1-3-19-18(21-11-15-22-12-6-7-13-22)20-10-9-17(24)23-14-5-4-8-16(23)2/h6-7,12-13,16H,3-5,8-11,14-15H2,1-2H3,(H2,19,20,21). The first-order valence-corrected chi connectivity index (χ1v) is 9.13. The van der Waals surface area contributed by atoms with Crippen molar-refractivity contribution in [2.75, 3.05) is 26.2 Å². The minimum absolute atomic E-state index is 0.231. The van der Waals surface area contributed by atoms with E-state index in [2.05, 4.69) is 27.1 Å². The molecule has 1 aromatic heterocycles. The lowest BCUT2D eigenvalue weighted by Gasteiger charge is -2.33. The number of hydrogen-bond acceptors (Lipinski definition) is 2. The van der Waals surface area contributed by atoms with Crippen molar-refractivity contribution in [2.45, 2.75) is 52.1 Å². The molecule has 1 aliphatic heterocycles. The summed E-state index contributed by atoms with van der Waals surface area (Å²) in [5.74, 6) is 1.01. The molecular weight excluding hydrogens is 302 g/mol. The van der Waals surface area contributed by atoms with E-state index in [0.717, 1.165) is 45.0 Å². The van der Waals surface area contributed by atoms with Gasteiger partial charge in [0.05, 0.1) is 6.54 Å². The van der Waals surface area contributed by atoms with Crippen molar-refractivity contribution < 1.29 is 4.79 Å². The van der Waals surface area contributed by atoms with Crippen LogP contribution in [0, 0.1) is 0 Å². The Hall–Kier alpha value is -1.98. The second kappa shape index (κ2) is 10.0. The summed E-state index contributed by atoms with van der Waals surface area (Å²) in [5.41, 5.74) is 0. The number of hydrogen-bond donors (Lipinski definition) is 2. The molecule has 0 radical (unpaired) electrons. The number of nitrogens with zero attached hydrogens (tertiary/aromatic N) is 3. The Kier molecular flexibility index (Phi) is 7.65. The van der Waals surface area contributed by atoms with Gasteiger partial charge >= 0.3 is 0 Å². The molecule has 1 amide bonds. The molecule has 0 bridgehead atoms. The molecule has 2 N–H and O–H groups in total. The summed E-state index contributed by atoms with van der Waals surface area (Å²) in [6, 6.07) is 4.42. The van der Waals surface area contributed by atoms with Crippen molar-refractivity contribution in [3.05, 3.63) is 24.5 Å². The molecule has 1 unspecified atom stereocenters. The molecule has 134 valence electrons. The van der Waals surface area contributed by atoms with Crippen LogP contribution in [0.4, 0.5) is 0 Å². The third kappa shape index (κ3) is 5.91. The second-order valence-corrected chi connectivity index (χ2v) is 6.29. The predicted octanol–water partition coefficient (Wildman–Crippen LogP) is 1.83. The first kappa shape index (κ1) is 18.4. The van der Waals surface area contributed by atoms with Crippen molar-refractivity contribution in [3.8, 4) is 0 Å². The van der Waals surface area contributed by atoms with Crippen LogP contribution in [0.3, 0.4) is 0 Å². The molecule has 2 heterocycles. The zero-order valence-electron chi connectivity index (χ0n) is 15.0. The molecule has 24 heavy (non-hydrogen) atoms. The topological polar surface area (TPSA) is 61.7 Å². The van der Waals surface area contributed by atoms with Gasteiger partial charge in [-0.2, -0.15) is 0 Å². The Morgan fingerprint density at radius 2 is 2.04 bits per heavy atom. The van der Waals surface area contributed by atoms with Gasteiger partial charge in [0.2, 0.25) is 5.91 Å². The highest BCUT2D eigenvalue weighted by atomic mass is 16.2. The van der Waals surface area contributed by atoms with Crippen LogP contribution < -0.4 is 10.6 Å². The third-order valence-corrected chi connectivity index (χ3v) is 4.39. The van der Waals surface area contributed by atoms with Crippen LogP contribution in [0.5, 0.6) is 0 Å². The van der Waals surface area contributed by atoms with E-state index in [1.165, 1.54) is 6.42 Å². The molecule has 1 fully saturated rings. The molecule has 2 rings (SSSR count). The summed E-state index contributed by atoms with van der Waals surface area (Å²) in [4.78, 5) is 18.9. The number of carbonyl (C=O) groups is 1. The number of aromatic nitrogens is 1. The van der Waals surface area contributed by atoms with Gasteiger partial charge in [-0.3, -0.25) is 9.79 Å². The van der Waals surface area contributed by atoms with Crippen LogP contribution in [-0.4, -0.2) is 53.6 Å². The zero-order valence-corrected chi connectivity index (χ0v) is 15.0. The molecule has 0 saturated carbocycles. The molecular formula is C18H31N5O. The molecule has 0 aliphatic carbocycles. The lowest BCUT2D eigenvalue weighted by molar-refractivity contribution is -0.134. The van der Waals surface area contributed by atoms with E-state index in [1.807, 2.05) is 36.4 Å². The number of aliphatic imine (C=N–C) groups is 1. The van der Waals surface area contributed by atoms with Gasteiger partial charge in [-0.1, -0.05) is 0 Å². The molecule has 1 saturated heterocycles. The van der Waals surface area contributed by atoms with Crippen LogP contribution >= 0.6 is 0 Å². The summed E-state index contributed by atoms with van der Waals surface area (Å²) in [6.07, 6.45) is 8.06. The normalized spacial score (nSPS) is 18.5. The molecule has 0 aromatic carbocycles. The maximum absolute atomic E-state index is 12.3. The fraction of sp³-hybridized carbons (Fsp3) is 0.667. The summed E-state index contributed by atoms with van der Waals surface area (Å²) < 4.78 is 2.12.